The van der Waals surface area contributed by atoms with Crippen molar-refractivity contribution >= 4 is 98.0 Å². The lowest BCUT2D eigenvalue weighted by Gasteiger charge is -2.11. The number of phenolic OH excluding ortho intramolecular Hbond substituents is 2. The third kappa shape index (κ3) is 12.3. The zero-order valence-corrected chi connectivity index (χ0v) is 40.9. The van der Waals surface area contributed by atoms with Crippen LogP contribution in [0.4, 0.5) is 56.9 Å². The van der Waals surface area contributed by atoms with Crippen LogP contribution in [-0.4, -0.2) is 77.6 Å². The SMILES string of the molecule is COc1cc(N=Nc2cc(OC)c(N=Nc3c(S(=O)(=O)O)cc4cc(N=Nc5ccc(O)cc5)ccc4c3O)cc2OC)c(OC)cc1N=Nc1ccc(N=Nc2ccc(S(=O)(=O)O)cc2S(=O)(=O)O)c(C)c1. The number of phenols is 2. The average Bonchev–Trinajstić information content (AvgIpc) is 3.35. The Morgan fingerprint density at radius 3 is 1.33 bits per heavy atom. The molecule has 0 fully saturated rings. The van der Waals surface area contributed by atoms with Gasteiger partial charge in [-0.3, -0.25) is 13.7 Å². The standard InChI is InChI=1S/C45H38N10O15S3/c1-24-16-27(9-14-32(24)49-50-33-15-12-30(71(58,59)60)19-42(33)72(61,62)63)48-51-34-20-39(68-3)35(21-38(34)67-2)52-53-36-22-41(70-5)37(23-40(36)69-4)54-55-44-43(73(64,65)66)18-25-17-28(8-13-31(25)45(44)57)47-46-26-6-10-29(56)11-7-26/h6-23,56-57H,1-5H3,(H,58,59,60)(H,61,62,63)(H,64,65,66). The number of nitrogens with zero attached hydrogens (tertiary/aromatic N) is 10. The van der Waals surface area contributed by atoms with E-state index >= 15 is 0 Å². The van der Waals surface area contributed by atoms with Crippen molar-refractivity contribution in [3.8, 4) is 34.5 Å². The highest BCUT2D eigenvalue weighted by Gasteiger charge is 2.24. The summed E-state index contributed by atoms with van der Waals surface area (Å²) in [5.74, 6) is -0.0289. The van der Waals surface area contributed by atoms with Crippen molar-refractivity contribution in [3.63, 3.8) is 0 Å². The van der Waals surface area contributed by atoms with Crippen LogP contribution in [0.2, 0.25) is 0 Å². The molecular weight excluding hydrogens is 1020 g/mol. The highest BCUT2D eigenvalue weighted by atomic mass is 32.2. The Balaban J connectivity index is 1.13. The van der Waals surface area contributed by atoms with Gasteiger partial charge in [-0.2, -0.15) is 45.7 Å². The molecule has 73 heavy (non-hydrogen) atoms. The van der Waals surface area contributed by atoms with Gasteiger partial charge in [0.15, 0.2) is 5.75 Å². The molecule has 0 aliphatic rings. The minimum Gasteiger partial charge on any atom is -0.508 e. The Bertz CT molecular complexity index is 3820. The van der Waals surface area contributed by atoms with E-state index in [4.69, 9.17) is 18.9 Å². The molecule has 0 atom stereocenters. The normalized spacial score (nSPS) is 12.5. The first-order chi connectivity index (χ1) is 34.6. The number of aromatic hydroxyl groups is 2. The number of azo groups is 5. The summed E-state index contributed by atoms with van der Waals surface area (Å²) in [7, 11) is -9.31. The number of ether oxygens (including phenoxy) is 4. The van der Waals surface area contributed by atoms with Crippen LogP contribution in [0.25, 0.3) is 10.8 Å². The van der Waals surface area contributed by atoms with E-state index in [1.54, 1.807) is 13.0 Å². The molecule has 0 spiro atoms. The van der Waals surface area contributed by atoms with Gasteiger partial charge in [0.25, 0.3) is 30.4 Å². The summed E-state index contributed by atoms with van der Waals surface area (Å²) in [6, 6.07) is 24.1. The van der Waals surface area contributed by atoms with Gasteiger partial charge in [-0.05, 0) is 103 Å². The Morgan fingerprint density at radius 1 is 0.397 bits per heavy atom. The molecule has 0 bridgehead atoms. The predicted molar refractivity (Wildman–Crippen MR) is 261 cm³/mol. The molecule has 5 N–H and O–H groups in total. The monoisotopic (exact) mass is 1050 g/mol. The van der Waals surface area contributed by atoms with Crippen molar-refractivity contribution in [1.82, 2.24) is 0 Å². The van der Waals surface area contributed by atoms with Crippen LogP contribution in [-0.2, 0) is 30.4 Å². The van der Waals surface area contributed by atoms with E-state index in [2.05, 4.69) is 51.1 Å². The second kappa shape index (κ2) is 21.4. The summed E-state index contributed by atoms with van der Waals surface area (Å²) >= 11 is 0. The highest BCUT2D eigenvalue weighted by Crippen LogP contribution is 2.46. The third-order valence-electron chi connectivity index (χ3n) is 10.2. The highest BCUT2D eigenvalue weighted by molar-refractivity contribution is 7.87. The van der Waals surface area contributed by atoms with Crippen molar-refractivity contribution in [2.75, 3.05) is 28.4 Å². The number of hydrogen-bond donors (Lipinski definition) is 5. The van der Waals surface area contributed by atoms with E-state index in [1.807, 2.05) is 0 Å². The predicted octanol–water partition coefficient (Wildman–Crippen LogP) is 12.4. The molecule has 0 radical (unpaired) electrons. The van der Waals surface area contributed by atoms with Gasteiger partial charge in [-0.1, -0.05) is 0 Å². The summed E-state index contributed by atoms with van der Waals surface area (Å²) in [5.41, 5.74) is 1.34. The van der Waals surface area contributed by atoms with Crippen LogP contribution in [0.3, 0.4) is 0 Å². The maximum Gasteiger partial charge on any atom is 0.296 e. The van der Waals surface area contributed by atoms with E-state index in [9.17, 15) is 49.1 Å². The van der Waals surface area contributed by atoms with Crippen LogP contribution in [0.1, 0.15) is 5.56 Å². The quantitative estimate of drug-likeness (QED) is 0.0418. The molecule has 0 aromatic heterocycles. The van der Waals surface area contributed by atoms with Crippen LogP contribution in [0.15, 0.2) is 175 Å². The third-order valence-corrected chi connectivity index (χ3v) is 12.8. The second-order valence-electron chi connectivity index (χ2n) is 14.9. The van der Waals surface area contributed by atoms with Gasteiger partial charge in [-0.25, -0.2) is 0 Å². The molecule has 0 saturated heterocycles. The fourth-order valence-corrected chi connectivity index (χ4v) is 8.45. The number of methoxy groups -OCH3 is 4. The largest absolute Gasteiger partial charge is 0.508 e. The van der Waals surface area contributed by atoms with Gasteiger partial charge in [0.2, 0.25) is 0 Å². The van der Waals surface area contributed by atoms with Crippen LogP contribution in [0, 0.1) is 6.92 Å². The van der Waals surface area contributed by atoms with Gasteiger partial charge in [0.1, 0.15) is 72.7 Å². The Morgan fingerprint density at radius 2 is 0.822 bits per heavy atom. The Hall–Kier alpha value is -8.67. The molecule has 28 heteroatoms. The smallest absolute Gasteiger partial charge is 0.296 e. The first kappa shape index (κ1) is 52.2. The van der Waals surface area contributed by atoms with E-state index < -0.39 is 62.2 Å². The molecule has 25 nitrogen and oxygen atoms in total. The summed E-state index contributed by atoms with van der Waals surface area (Å²) in [4.78, 5) is -2.43. The van der Waals surface area contributed by atoms with Crippen LogP contribution in [0.5, 0.6) is 34.5 Å². The maximum absolute atomic E-state index is 12.6. The summed E-state index contributed by atoms with van der Waals surface area (Å²) in [6.07, 6.45) is 0. The first-order valence-electron chi connectivity index (χ1n) is 20.5. The zero-order valence-electron chi connectivity index (χ0n) is 38.4. The molecule has 0 saturated carbocycles. The van der Waals surface area contributed by atoms with Crippen molar-refractivity contribution in [2.45, 2.75) is 21.6 Å². The summed E-state index contributed by atoms with van der Waals surface area (Å²) in [5, 5.41) is 62.6. The number of rotatable bonds is 17. The lowest BCUT2D eigenvalue weighted by atomic mass is 10.1. The van der Waals surface area contributed by atoms with Gasteiger partial charge >= 0.3 is 0 Å². The van der Waals surface area contributed by atoms with E-state index in [0.29, 0.717) is 23.0 Å². The summed E-state index contributed by atoms with van der Waals surface area (Å²) < 4.78 is 123. The van der Waals surface area contributed by atoms with Crippen molar-refractivity contribution in [1.29, 1.82) is 0 Å². The van der Waals surface area contributed by atoms with Crippen molar-refractivity contribution in [3.05, 3.63) is 115 Å². The summed E-state index contributed by atoms with van der Waals surface area (Å²) in [6.45, 7) is 1.65. The van der Waals surface area contributed by atoms with Gasteiger partial charge in [0.05, 0.1) is 56.1 Å². The maximum atomic E-state index is 12.6. The molecule has 0 unspecified atom stereocenters. The Kier molecular flexibility index (Phi) is 15.3. The number of fused-ring (bicyclic) bond motifs is 1. The molecule has 0 heterocycles. The lowest BCUT2D eigenvalue weighted by Crippen LogP contribution is -2.03. The molecule has 0 aliphatic heterocycles. The number of hydrogen-bond acceptors (Lipinski definition) is 22. The fourth-order valence-electron chi connectivity index (χ4n) is 6.56. The van der Waals surface area contributed by atoms with E-state index in [-0.39, 0.29) is 73.6 Å². The minimum absolute atomic E-state index is 0.00660. The number of aryl methyl sites for hydroxylation is 1. The first-order valence-corrected chi connectivity index (χ1v) is 24.8. The van der Waals surface area contributed by atoms with Crippen molar-refractivity contribution in [2.24, 2.45) is 51.1 Å². The van der Waals surface area contributed by atoms with E-state index in [0.717, 1.165) is 18.2 Å². The van der Waals surface area contributed by atoms with Gasteiger partial charge in [0, 0.05) is 29.7 Å². The molecule has 376 valence electrons. The minimum atomic E-state index is -4.99. The second-order valence-corrected chi connectivity index (χ2v) is 19.1. The molecule has 7 rings (SSSR count). The lowest BCUT2D eigenvalue weighted by molar-refractivity contribution is 0.403. The fraction of sp³-hybridized carbons (Fsp3) is 0.111. The average molecular weight is 1060 g/mol. The topological polar surface area (TPSA) is 364 Å². The van der Waals surface area contributed by atoms with E-state index in [1.165, 1.54) is 107 Å². The zero-order chi connectivity index (χ0) is 52.8. The molecule has 7 aromatic rings. The number of benzene rings is 7. The molecule has 0 amide bonds. The van der Waals surface area contributed by atoms with Gasteiger partial charge < -0.3 is 29.2 Å². The van der Waals surface area contributed by atoms with Crippen molar-refractivity contribution < 1.29 is 68.1 Å². The molecule has 7 aromatic carbocycles. The van der Waals surface area contributed by atoms with Gasteiger partial charge in [-0.15, -0.1) is 30.7 Å². The molecule has 0 aliphatic carbocycles. The Labute approximate surface area is 414 Å². The molecular formula is C45H38N10O15S3. The van der Waals surface area contributed by atoms with Crippen LogP contribution >= 0.6 is 0 Å². The van der Waals surface area contributed by atoms with Crippen LogP contribution < -0.4 is 18.9 Å².